The molecule has 1 fully saturated rings. The van der Waals surface area contributed by atoms with Crippen LogP contribution in [-0.2, 0) is 17.8 Å². The molecule has 0 saturated carbocycles. The Hall–Kier alpha value is -0.360. The average Bonchev–Trinajstić information content (AvgIpc) is 2.67. The minimum absolute atomic E-state index is 0. The predicted molar refractivity (Wildman–Crippen MR) is 66.0 cm³/mol. The lowest BCUT2D eigenvalue weighted by Gasteiger charge is -2.21. The van der Waals surface area contributed by atoms with Crippen LogP contribution in [0.25, 0.3) is 0 Å². The van der Waals surface area contributed by atoms with Gasteiger partial charge in [-0.2, -0.15) is 0 Å². The quantitative estimate of drug-likeness (QED) is 0.893. The lowest BCUT2D eigenvalue weighted by atomic mass is 10.1. The zero-order valence-electron chi connectivity index (χ0n) is 9.04. The molecule has 1 aliphatic rings. The van der Waals surface area contributed by atoms with Crippen molar-refractivity contribution in [2.24, 2.45) is 5.73 Å². The van der Waals surface area contributed by atoms with E-state index in [2.05, 4.69) is 10.3 Å². The highest BCUT2D eigenvalue weighted by molar-refractivity contribution is 5.85. The molecule has 2 rings (SSSR count). The fraction of sp³-hybridized carbons (Fsp3) is 0.778. The van der Waals surface area contributed by atoms with Crippen LogP contribution in [0.15, 0.2) is 6.20 Å². The van der Waals surface area contributed by atoms with Crippen LogP contribution < -0.4 is 5.73 Å². The van der Waals surface area contributed by atoms with Crippen LogP contribution in [0.3, 0.4) is 0 Å². The standard InChI is InChI=1S/C9H16N4O.2ClH/c10-5-8-6-13(12-11-8)7-9-3-1-2-4-14-9;;/h6,9H,1-5,7,10H2;2*1H. The van der Waals surface area contributed by atoms with E-state index in [4.69, 9.17) is 10.5 Å². The van der Waals surface area contributed by atoms with E-state index in [1.807, 2.05) is 10.9 Å². The number of nitrogens with two attached hydrogens (primary N) is 1. The molecular formula is C9H18Cl2N4O. The van der Waals surface area contributed by atoms with Gasteiger partial charge in [-0.15, -0.1) is 29.9 Å². The van der Waals surface area contributed by atoms with Gasteiger partial charge in [0.15, 0.2) is 0 Å². The van der Waals surface area contributed by atoms with Crippen molar-refractivity contribution in [3.8, 4) is 0 Å². The van der Waals surface area contributed by atoms with Crippen LogP contribution in [0.1, 0.15) is 25.0 Å². The van der Waals surface area contributed by atoms with Gasteiger partial charge in [0, 0.05) is 19.3 Å². The first-order valence-corrected chi connectivity index (χ1v) is 5.09. The molecule has 16 heavy (non-hydrogen) atoms. The zero-order chi connectivity index (χ0) is 9.80. The minimum Gasteiger partial charge on any atom is -0.376 e. The molecule has 7 heteroatoms. The molecule has 0 aliphatic carbocycles. The summed E-state index contributed by atoms with van der Waals surface area (Å²) in [6.45, 7) is 2.13. The van der Waals surface area contributed by atoms with Gasteiger partial charge in [-0.25, -0.2) is 4.68 Å². The Balaban J connectivity index is 0.00000112. The van der Waals surface area contributed by atoms with Crippen molar-refractivity contribution in [2.75, 3.05) is 6.61 Å². The Labute approximate surface area is 108 Å². The molecule has 1 aliphatic heterocycles. The summed E-state index contributed by atoms with van der Waals surface area (Å²) in [6.07, 6.45) is 5.75. The van der Waals surface area contributed by atoms with Crippen molar-refractivity contribution in [2.45, 2.75) is 38.5 Å². The van der Waals surface area contributed by atoms with Crippen LogP contribution >= 0.6 is 24.8 Å². The summed E-state index contributed by atoms with van der Waals surface area (Å²) < 4.78 is 7.42. The maximum absolute atomic E-state index is 5.60. The first-order chi connectivity index (χ1) is 6.88. The van der Waals surface area contributed by atoms with Gasteiger partial charge in [-0.05, 0) is 19.3 Å². The maximum Gasteiger partial charge on any atom is 0.0962 e. The van der Waals surface area contributed by atoms with E-state index in [0.29, 0.717) is 12.6 Å². The summed E-state index contributed by atoms with van der Waals surface area (Å²) in [6, 6.07) is 0. The van der Waals surface area contributed by atoms with Crippen LogP contribution in [0.5, 0.6) is 0 Å². The third-order valence-corrected chi connectivity index (χ3v) is 2.46. The molecule has 0 spiro atoms. The molecule has 94 valence electrons. The Morgan fingerprint density at radius 3 is 2.81 bits per heavy atom. The number of aromatic nitrogens is 3. The van der Waals surface area contributed by atoms with Crippen molar-refractivity contribution in [3.63, 3.8) is 0 Å². The molecule has 5 nitrogen and oxygen atoms in total. The Kier molecular flexibility index (Phi) is 7.66. The SMILES string of the molecule is Cl.Cl.NCc1cn(CC2CCCCO2)nn1. The van der Waals surface area contributed by atoms with Crippen molar-refractivity contribution < 1.29 is 4.74 Å². The van der Waals surface area contributed by atoms with E-state index < -0.39 is 0 Å². The molecule has 0 amide bonds. The number of halogens is 2. The Morgan fingerprint density at radius 1 is 1.44 bits per heavy atom. The summed E-state index contributed by atoms with van der Waals surface area (Å²) in [7, 11) is 0. The fourth-order valence-electron chi connectivity index (χ4n) is 1.68. The van der Waals surface area contributed by atoms with Crippen molar-refractivity contribution >= 4 is 24.8 Å². The van der Waals surface area contributed by atoms with Crippen molar-refractivity contribution in [3.05, 3.63) is 11.9 Å². The number of hydrogen-bond acceptors (Lipinski definition) is 4. The molecule has 0 bridgehead atoms. The van der Waals surface area contributed by atoms with Gasteiger partial charge in [-0.3, -0.25) is 0 Å². The third-order valence-electron chi connectivity index (χ3n) is 2.46. The van der Waals surface area contributed by atoms with Gasteiger partial charge in [-0.1, -0.05) is 5.21 Å². The normalized spacial score (nSPS) is 19.7. The summed E-state index contributed by atoms with van der Waals surface area (Å²) in [5.41, 5.74) is 6.28. The van der Waals surface area contributed by atoms with Crippen LogP contribution in [-0.4, -0.2) is 27.7 Å². The second kappa shape index (κ2) is 7.84. The molecule has 2 N–H and O–H groups in total. The summed E-state index contributed by atoms with van der Waals surface area (Å²) >= 11 is 0. The fourth-order valence-corrected chi connectivity index (χ4v) is 1.68. The lowest BCUT2D eigenvalue weighted by molar-refractivity contribution is 0.00370. The summed E-state index contributed by atoms with van der Waals surface area (Å²) in [5, 5.41) is 7.92. The van der Waals surface area contributed by atoms with Gasteiger partial charge in [0.25, 0.3) is 0 Å². The van der Waals surface area contributed by atoms with Gasteiger partial charge in [0.05, 0.1) is 18.3 Å². The molecule has 1 aromatic rings. The summed E-state index contributed by atoms with van der Waals surface area (Å²) in [5.74, 6) is 0. The third kappa shape index (κ3) is 4.25. The van der Waals surface area contributed by atoms with Gasteiger partial charge < -0.3 is 10.5 Å². The largest absolute Gasteiger partial charge is 0.376 e. The molecular weight excluding hydrogens is 251 g/mol. The van der Waals surface area contributed by atoms with Crippen molar-refractivity contribution in [1.29, 1.82) is 0 Å². The van der Waals surface area contributed by atoms with Gasteiger partial charge >= 0.3 is 0 Å². The van der Waals surface area contributed by atoms with E-state index in [0.717, 1.165) is 25.3 Å². The first kappa shape index (κ1) is 15.6. The smallest absolute Gasteiger partial charge is 0.0962 e. The van der Waals surface area contributed by atoms with E-state index in [1.54, 1.807) is 0 Å². The van der Waals surface area contributed by atoms with E-state index in [-0.39, 0.29) is 24.8 Å². The Morgan fingerprint density at radius 2 is 2.25 bits per heavy atom. The Bertz CT molecular complexity index is 289. The maximum atomic E-state index is 5.60. The topological polar surface area (TPSA) is 66.0 Å². The number of rotatable bonds is 3. The van der Waals surface area contributed by atoms with Crippen LogP contribution in [0, 0.1) is 0 Å². The molecule has 1 atom stereocenters. The number of ether oxygens (including phenoxy) is 1. The number of nitrogens with zero attached hydrogens (tertiary/aromatic N) is 3. The highest BCUT2D eigenvalue weighted by atomic mass is 35.5. The summed E-state index contributed by atoms with van der Waals surface area (Å²) in [4.78, 5) is 0. The zero-order valence-corrected chi connectivity index (χ0v) is 10.7. The molecule has 2 heterocycles. The molecule has 1 aromatic heterocycles. The second-order valence-corrected chi connectivity index (χ2v) is 3.62. The van der Waals surface area contributed by atoms with Crippen molar-refractivity contribution in [1.82, 2.24) is 15.0 Å². The minimum atomic E-state index is 0. The van der Waals surface area contributed by atoms with E-state index in [1.165, 1.54) is 12.8 Å². The predicted octanol–water partition coefficient (Wildman–Crippen LogP) is 1.15. The van der Waals surface area contributed by atoms with Crippen LogP contribution in [0.4, 0.5) is 0 Å². The first-order valence-electron chi connectivity index (χ1n) is 5.09. The molecule has 0 radical (unpaired) electrons. The molecule has 1 unspecified atom stereocenters. The lowest BCUT2D eigenvalue weighted by Crippen LogP contribution is -2.24. The number of hydrogen-bond donors (Lipinski definition) is 1. The average molecular weight is 269 g/mol. The van der Waals surface area contributed by atoms with E-state index in [9.17, 15) is 0 Å². The molecule has 1 saturated heterocycles. The van der Waals surface area contributed by atoms with Crippen LogP contribution in [0.2, 0.25) is 0 Å². The van der Waals surface area contributed by atoms with Gasteiger partial charge in [0.2, 0.25) is 0 Å². The molecule has 0 aromatic carbocycles. The monoisotopic (exact) mass is 268 g/mol. The highest BCUT2D eigenvalue weighted by Gasteiger charge is 2.14. The van der Waals surface area contributed by atoms with Gasteiger partial charge in [0.1, 0.15) is 0 Å². The second-order valence-electron chi connectivity index (χ2n) is 3.62. The highest BCUT2D eigenvalue weighted by Crippen LogP contribution is 2.13. The van der Waals surface area contributed by atoms with E-state index >= 15 is 0 Å².